The molecule has 6 heteroatoms. The zero-order valence-electron chi connectivity index (χ0n) is 10.4. The Kier molecular flexibility index (Phi) is 3.57. The molecule has 1 atom stereocenters. The van der Waals surface area contributed by atoms with Gasteiger partial charge in [-0.15, -0.1) is 0 Å². The molecule has 2 nitrogen and oxygen atoms in total. The monoisotopic (exact) mass is 277 g/mol. The predicted octanol–water partition coefficient (Wildman–Crippen LogP) is 2.80. The highest BCUT2D eigenvalue weighted by Crippen LogP contribution is 2.34. The van der Waals surface area contributed by atoms with Crippen LogP contribution in [0.5, 0.6) is 0 Å². The molecule has 0 amide bonds. The maximum Gasteiger partial charge on any atom is 0.419 e. The van der Waals surface area contributed by atoms with Crippen molar-refractivity contribution < 1.29 is 22.7 Å². The van der Waals surface area contributed by atoms with Gasteiger partial charge in [0, 0.05) is 12.6 Å². The molecular formula is C13H15F4NO. The molecule has 0 aliphatic heterocycles. The molecule has 1 unspecified atom stereocenters. The van der Waals surface area contributed by atoms with Crippen molar-refractivity contribution >= 4 is 0 Å². The third kappa shape index (κ3) is 3.45. The van der Waals surface area contributed by atoms with Gasteiger partial charge in [-0.25, -0.2) is 4.39 Å². The van der Waals surface area contributed by atoms with E-state index in [1.54, 1.807) is 0 Å². The van der Waals surface area contributed by atoms with Crippen molar-refractivity contribution in [2.45, 2.75) is 37.6 Å². The van der Waals surface area contributed by atoms with Gasteiger partial charge >= 0.3 is 6.18 Å². The van der Waals surface area contributed by atoms with E-state index < -0.39 is 23.2 Å². The second-order valence-electron chi connectivity index (χ2n) is 5.12. The van der Waals surface area contributed by atoms with Gasteiger partial charge in [0.1, 0.15) is 5.82 Å². The highest BCUT2D eigenvalue weighted by atomic mass is 19.4. The molecule has 1 fully saturated rings. The van der Waals surface area contributed by atoms with E-state index in [1.807, 2.05) is 0 Å². The van der Waals surface area contributed by atoms with Crippen molar-refractivity contribution in [3.8, 4) is 0 Å². The Labute approximate surface area is 108 Å². The van der Waals surface area contributed by atoms with E-state index in [9.17, 15) is 22.7 Å². The minimum absolute atomic E-state index is 0.0503. The van der Waals surface area contributed by atoms with E-state index in [2.05, 4.69) is 5.32 Å². The molecule has 1 aromatic carbocycles. The zero-order valence-corrected chi connectivity index (χ0v) is 10.4. The quantitative estimate of drug-likeness (QED) is 0.829. The number of alkyl halides is 3. The Balaban J connectivity index is 2.23. The fourth-order valence-electron chi connectivity index (χ4n) is 1.81. The minimum Gasteiger partial charge on any atom is -0.384 e. The van der Waals surface area contributed by atoms with Gasteiger partial charge in [-0.05, 0) is 37.5 Å². The SMILES string of the molecule is CC(O)(CNC1CC1)c1ccc(F)c(C(F)(F)F)c1. The number of hydrogen-bond donors (Lipinski definition) is 2. The standard InChI is InChI=1S/C13H15F4NO/c1-12(19,7-18-9-3-4-9)8-2-5-11(14)10(6-8)13(15,16)17/h2,5-6,9,18-19H,3-4,7H2,1H3. The maximum atomic E-state index is 13.2. The number of rotatable bonds is 4. The number of nitrogens with one attached hydrogen (secondary N) is 1. The molecular weight excluding hydrogens is 262 g/mol. The largest absolute Gasteiger partial charge is 0.419 e. The van der Waals surface area contributed by atoms with Crippen LogP contribution >= 0.6 is 0 Å². The van der Waals surface area contributed by atoms with Gasteiger partial charge in [-0.2, -0.15) is 13.2 Å². The van der Waals surface area contributed by atoms with Gasteiger partial charge in [-0.1, -0.05) is 6.07 Å². The van der Waals surface area contributed by atoms with Crippen LogP contribution in [0, 0.1) is 5.82 Å². The van der Waals surface area contributed by atoms with E-state index >= 15 is 0 Å². The number of benzene rings is 1. The van der Waals surface area contributed by atoms with E-state index in [0.29, 0.717) is 12.1 Å². The molecule has 0 heterocycles. The summed E-state index contributed by atoms with van der Waals surface area (Å²) in [6.45, 7) is 1.55. The summed E-state index contributed by atoms with van der Waals surface area (Å²) in [7, 11) is 0. The second kappa shape index (κ2) is 4.76. The molecule has 0 bridgehead atoms. The number of aliphatic hydroxyl groups is 1. The molecule has 1 aromatic rings. The van der Waals surface area contributed by atoms with Gasteiger partial charge in [0.25, 0.3) is 0 Å². The first-order valence-electron chi connectivity index (χ1n) is 6.03. The fraction of sp³-hybridized carbons (Fsp3) is 0.538. The normalized spacial score (nSPS) is 19.3. The van der Waals surface area contributed by atoms with Crippen LogP contribution in [-0.2, 0) is 11.8 Å². The van der Waals surface area contributed by atoms with E-state index in [1.165, 1.54) is 13.0 Å². The minimum atomic E-state index is -4.76. The summed E-state index contributed by atoms with van der Waals surface area (Å²) < 4.78 is 51.0. The molecule has 0 spiro atoms. The average molecular weight is 277 g/mol. The summed E-state index contributed by atoms with van der Waals surface area (Å²) in [6.07, 6.45) is -2.75. The molecule has 106 valence electrons. The Hall–Kier alpha value is -1.14. The summed E-state index contributed by atoms with van der Waals surface area (Å²) in [6, 6.07) is 2.92. The predicted molar refractivity (Wildman–Crippen MR) is 62.0 cm³/mol. The van der Waals surface area contributed by atoms with Gasteiger partial charge in [0.05, 0.1) is 11.2 Å². The van der Waals surface area contributed by atoms with Crippen LogP contribution in [0.25, 0.3) is 0 Å². The molecule has 1 aliphatic rings. The van der Waals surface area contributed by atoms with Crippen LogP contribution in [-0.4, -0.2) is 17.7 Å². The smallest absolute Gasteiger partial charge is 0.384 e. The number of halogens is 4. The van der Waals surface area contributed by atoms with Crippen molar-refractivity contribution in [1.82, 2.24) is 5.32 Å². The van der Waals surface area contributed by atoms with Crippen LogP contribution in [0.15, 0.2) is 18.2 Å². The lowest BCUT2D eigenvalue weighted by molar-refractivity contribution is -0.140. The van der Waals surface area contributed by atoms with Crippen molar-refractivity contribution in [2.75, 3.05) is 6.54 Å². The van der Waals surface area contributed by atoms with Gasteiger partial charge in [0.2, 0.25) is 0 Å². The van der Waals surface area contributed by atoms with E-state index in [0.717, 1.165) is 18.9 Å². The lowest BCUT2D eigenvalue weighted by Gasteiger charge is -2.25. The molecule has 1 saturated carbocycles. The van der Waals surface area contributed by atoms with Crippen molar-refractivity contribution in [1.29, 1.82) is 0 Å². The van der Waals surface area contributed by atoms with Crippen molar-refractivity contribution in [2.24, 2.45) is 0 Å². The molecule has 0 aromatic heterocycles. The lowest BCUT2D eigenvalue weighted by Crippen LogP contribution is -2.36. The molecule has 2 rings (SSSR count). The van der Waals surface area contributed by atoms with Crippen molar-refractivity contribution in [3.05, 3.63) is 35.1 Å². The molecule has 0 radical (unpaired) electrons. The van der Waals surface area contributed by atoms with Crippen molar-refractivity contribution in [3.63, 3.8) is 0 Å². The Morgan fingerprint density at radius 2 is 1.95 bits per heavy atom. The summed E-state index contributed by atoms with van der Waals surface area (Å²) in [5, 5.41) is 13.2. The highest BCUT2D eigenvalue weighted by molar-refractivity contribution is 5.31. The first-order valence-corrected chi connectivity index (χ1v) is 6.03. The van der Waals surface area contributed by atoms with Crippen LogP contribution < -0.4 is 5.32 Å². The average Bonchev–Trinajstić information content (AvgIpc) is 3.09. The fourth-order valence-corrected chi connectivity index (χ4v) is 1.81. The van der Waals surface area contributed by atoms with Gasteiger partial charge in [-0.3, -0.25) is 0 Å². The Morgan fingerprint density at radius 3 is 2.47 bits per heavy atom. The zero-order chi connectivity index (χ0) is 14.3. The third-order valence-electron chi connectivity index (χ3n) is 3.21. The maximum absolute atomic E-state index is 13.2. The molecule has 19 heavy (non-hydrogen) atoms. The van der Waals surface area contributed by atoms with E-state index in [-0.39, 0.29) is 12.1 Å². The first-order chi connectivity index (χ1) is 8.70. The topological polar surface area (TPSA) is 32.3 Å². The van der Waals surface area contributed by atoms with E-state index in [4.69, 9.17) is 0 Å². The molecule has 1 aliphatic carbocycles. The number of hydrogen-bond acceptors (Lipinski definition) is 2. The molecule has 2 N–H and O–H groups in total. The Bertz CT molecular complexity index is 466. The summed E-state index contributed by atoms with van der Waals surface area (Å²) in [5.41, 5.74) is -2.76. The van der Waals surface area contributed by atoms with Gasteiger partial charge in [0.15, 0.2) is 0 Å². The first kappa shape index (κ1) is 14.3. The lowest BCUT2D eigenvalue weighted by atomic mass is 9.94. The summed E-state index contributed by atoms with van der Waals surface area (Å²) in [5.74, 6) is -1.33. The Morgan fingerprint density at radius 1 is 1.32 bits per heavy atom. The van der Waals surface area contributed by atoms with Crippen LogP contribution in [0.3, 0.4) is 0 Å². The summed E-state index contributed by atoms with van der Waals surface area (Å²) >= 11 is 0. The van der Waals surface area contributed by atoms with Crippen LogP contribution in [0.1, 0.15) is 30.9 Å². The second-order valence-corrected chi connectivity index (χ2v) is 5.12. The molecule has 0 saturated heterocycles. The highest BCUT2D eigenvalue weighted by Gasteiger charge is 2.36. The third-order valence-corrected chi connectivity index (χ3v) is 3.21. The van der Waals surface area contributed by atoms with Crippen LogP contribution in [0.2, 0.25) is 0 Å². The summed E-state index contributed by atoms with van der Waals surface area (Å²) in [4.78, 5) is 0. The van der Waals surface area contributed by atoms with Crippen LogP contribution in [0.4, 0.5) is 17.6 Å². The van der Waals surface area contributed by atoms with Gasteiger partial charge < -0.3 is 10.4 Å².